The first-order chi connectivity index (χ1) is 9.28. The van der Waals surface area contributed by atoms with Crippen molar-refractivity contribution >= 4 is 5.91 Å². The summed E-state index contributed by atoms with van der Waals surface area (Å²) in [5, 5.41) is 6.87. The molecule has 1 heterocycles. The Morgan fingerprint density at radius 3 is 2.63 bits per heavy atom. The summed E-state index contributed by atoms with van der Waals surface area (Å²) in [4.78, 5) is 15.2. The van der Waals surface area contributed by atoms with E-state index < -0.39 is 0 Å². The zero-order valence-electron chi connectivity index (χ0n) is 10.6. The minimum Gasteiger partial charge on any atom is -0.352 e. The molecule has 0 bridgehead atoms. The molecule has 3 N–H and O–H groups in total. The van der Waals surface area contributed by atoms with Crippen LogP contribution in [0.15, 0.2) is 36.9 Å². The van der Waals surface area contributed by atoms with E-state index in [9.17, 15) is 4.79 Å². The average molecular weight is 259 g/mol. The number of hydrogen-bond donors (Lipinski definition) is 2. The molecule has 2 aromatic rings. The maximum Gasteiger partial charge on any atom is 0.221 e. The number of nitrogens with one attached hydrogen (secondary N) is 1. The predicted octanol–water partition coefficient (Wildman–Crippen LogP) is 0.291. The zero-order valence-corrected chi connectivity index (χ0v) is 10.6. The van der Waals surface area contributed by atoms with E-state index in [0.717, 1.165) is 11.1 Å². The van der Waals surface area contributed by atoms with Crippen molar-refractivity contribution in [2.75, 3.05) is 6.54 Å². The van der Waals surface area contributed by atoms with Crippen LogP contribution in [0.4, 0.5) is 0 Å². The number of aromatic nitrogens is 3. The third-order valence-corrected chi connectivity index (χ3v) is 2.70. The lowest BCUT2D eigenvalue weighted by atomic mass is 10.1. The van der Waals surface area contributed by atoms with Crippen molar-refractivity contribution in [1.29, 1.82) is 0 Å². The maximum atomic E-state index is 11.3. The van der Waals surface area contributed by atoms with E-state index in [-0.39, 0.29) is 5.91 Å². The molecule has 6 nitrogen and oxygen atoms in total. The van der Waals surface area contributed by atoms with Crippen LogP contribution in [0.3, 0.4) is 0 Å². The Labute approximate surface area is 111 Å². The molecular formula is C13H17N5O. The summed E-state index contributed by atoms with van der Waals surface area (Å²) >= 11 is 0. The second-order valence-electron chi connectivity index (χ2n) is 4.22. The normalized spacial score (nSPS) is 10.4. The van der Waals surface area contributed by atoms with Crippen molar-refractivity contribution in [2.45, 2.75) is 19.5 Å². The Hall–Kier alpha value is -2.21. The minimum atomic E-state index is -0.0193. The highest BCUT2D eigenvalue weighted by molar-refractivity contribution is 5.76. The molecule has 1 aromatic carbocycles. The first-order valence-electron chi connectivity index (χ1n) is 6.15. The summed E-state index contributed by atoms with van der Waals surface area (Å²) in [5.41, 5.74) is 7.51. The molecule has 0 aliphatic rings. The van der Waals surface area contributed by atoms with Crippen LogP contribution < -0.4 is 11.1 Å². The molecule has 6 heteroatoms. The van der Waals surface area contributed by atoms with Gasteiger partial charge in [-0.2, -0.15) is 5.10 Å². The second kappa shape index (κ2) is 6.65. The molecule has 0 spiro atoms. The summed E-state index contributed by atoms with van der Waals surface area (Å²) in [6.07, 6.45) is 3.56. The molecule has 0 saturated heterocycles. The van der Waals surface area contributed by atoms with E-state index in [1.54, 1.807) is 11.0 Å². The highest BCUT2D eigenvalue weighted by atomic mass is 16.1. The molecule has 0 aliphatic heterocycles. The van der Waals surface area contributed by atoms with Crippen molar-refractivity contribution in [1.82, 2.24) is 20.1 Å². The van der Waals surface area contributed by atoms with E-state index in [4.69, 9.17) is 5.73 Å². The van der Waals surface area contributed by atoms with Gasteiger partial charge < -0.3 is 11.1 Å². The molecule has 0 atom stereocenters. The zero-order chi connectivity index (χ0) is 13.5. The Morgan fingerprint density at radius 1 is 1.26 bits per heavy atom. The fourth-order valence-electron chi connectivity index (χ4n) is 1.68. The Bertz CT molecular complexity index is 506. The van der Waals surface area contributed by atoms with Crippen molar-refractivity contribution in [3.63, 3.8) is 0 Å². The fourth-order valence-corrected chi connectivity index (χ4v) is 1.68. The van der Waals surface area contributed by atoms with Gasteiger partial charge in [0.05, 0.1) is 6.54 Å². The number of carbonyl (C=O) groups excluding carboxylic acids is 1. The Morgan fingerprint density at radius 2 is 2.00 bits per heavy atom. The summed E-state index contributed by atoms with van der Waals surface area (Å²) in [6, 6.07) is 8.03. The lowest BCUT2D eigenvalue weighted by Crippen LogP contribution is -2.24. The summed E-state index contributed by atoms with van der Waals surface area (Å²) < 4.78 is 1.76. The van der Waals surface area contributed by atoms with Crippen molar-refractivity contribution in [3.8, 4) is 0 Å². The number of nitrogens with two attached hydrogens (primary N) is 1. The molecule has 0 fully saturated rings. The van der Waals surface area contributed by atoms with E-state index in [1.807, 2.05) is 24.3 Å². The van der Waals surface area contributed by atoms with Gasteiger partial charge >= 0.3 is 0 Å². The molecule has 100 valence electrons. The topological polar surface area (TPSA) is 85.8 Å². The number of carbonyl (C=O) groups is 1. The number of amides is 1. The van der Waals surface area contributed by atoms with Gasteiger partial charge in [0.25, 0.3) is 0 Å². The molecule has 1 aromatic heterocycles. The summed E-state index contributed by atoms with van der Waals surface area (Å²) in [6.45, 7) is 1.60. The van der Waals surface area contributed by atoms with Gasteiger partial charge in [0.2, 0.25) is 5.91 Å². The van der Waals surface area contributed by atoms with E-state index in [0.29, 0.717) is 26.1 Å². The van der Waals surface area contributed by atoms with Gasteiger partial charge in [0, 0.05) is 19.5 Å². The monoisotopic (exact) mass is 259 g/mol. The van der Waals surface area contributed by atoms with Crippen molar-refractivity contribution in [2.24, 2.45) is 5.73 Å². The highest BCUT2D eigenvalue weighted by Gasteiger charge is 2.00. The van der Waals surface area contributed by atoms with Crippen LogP contribution >= 0.6 is 0 Å². The standard InChI is InChI=1S/C13H17N5O/c14-6-5-13(19)16-7-11-1-3-12(4-2-11)8-18-10-15-9-17-18/h1-4,9-10H,5-8,14H2,(H,16,19). The predicted molar refractivity (Wildman–Crippen MR) is 71.1 cm³/mol. The first-order valence-corrected chi connectivity index (χ1v) is 6.15. The minimum absolute atomic E-state index is 0.0193. The van der Waals surface area contributed by atoms with Crippen LogP contribution in [0.5, 0.6) is 0 Å². The van der Waals surface area contributed by atoms with Gasteiger partial charge in [-0.25, -0.2) is 9.67 Å². The largest absolute Gasteiger partial charge is 0.352 e. The number of hydrogen-bond acceptors (Lipinski definition) is 4. The van der Waals surface area contributed by atoms with Crippen LogP contribution in [0.1, 0.15) is 17.5 Å². The summed E-state index contributed by atoms with van der Waals surface area (Å²) in [7, 11) is 0. The van der Waals surface area contributed by atoms with Gasteiger partial charge in [-0.3, -0.25) is 4.79 Å². The molecule has 2 rings (SSSR count). The van der Waals surface area contributed by atoms with Gasteiger partial charge in [-0.15, -0.1) is 0 Å². The molecular weight excluding hydrogens is 242 g/mol. The highest BCUT2D eigenvalue weighted by Crippen LogP contribution is 2.05. The number of nitrogens with zero attached hydrogens (tertiary/aromatic N) is 3. The lowest BCUT2D eigenvalue weighted by molar-refractivity contribution is -0.121. The quantitative estimate of drug-likeness (QED) is 0.781. The number of benzene rings is 1. The van der Waals surface area contributed by atoms with Gasteiger partial charge in [0.1, 0.15) is 12.7 Å². The maximum absolute atomic E-state index is 11.3. The molecule has 0 aliphatic carbocycles. The van der Waals surface area contributed by atoms with Crippen LogP contribution in [0.2, 0.25) is 0 Å². The van der Waals surface area contributed by atoms with Gasteiger partial charge in [-0.1, -0.05) is 24.3 Å². The molecule has 0 unspecified atom stereocenters. The van der Waals surface area contributed by atoms with Crippen LogP contribution in [0, 0.1) is 0 Å². The van der Waals surface area contributed by atoms with Crippen LogP contribution in [-0.2, 0) is 17.9 Å². The third kappa shape index (κ3) is 4.18. The first kappa shape index (κ1) is 13.2. The third-order valence-electron chi connectivity index (χ3n) is 2.70. The molecule has 0 radical (unpaired) electrons. The Balaban J connectivity index is 1.86. The Kier molecular flexibility index (Phi) is 4.63. The van der Waals surface area contributed by atoms with Crippen molar-refractivity contribution < 1.29 is 4.79 Å². The molecule has 0 saturated carbocycles. The molecule has 1 amide bonds. The van der Waals surface area contributed by atoms with Gasteiger partial charge in [-0.05, 0) is 11.1 Å². The van der Waals surface area contributed by atoms with Crippen LogP contribution in [0.25, 0.3) is 0 Å². The van der Waals surface area contributed by atoms with Gasteiger partial charge in [0.15, 0.2) is 0 Å². The van der Waals surface area contributed by atoms with Crippen LogP contribution in [-0.4, -0.2) is 27.2 Å². The van der Waals surface area contributed by atoms with E-state index in [1.165, 1.54) is 6.33 Å². The van der Waals surface area contributed by atoms with E-state index in [2.05, 4.69) is 15.4 Å². The second-order valence-corrected chi connectivity index (χ2v) is 4.22. The average Bonchev–Trinajstić information content (AvgIpc) is 2.91. The smallest absolute Gasteiger partial charge is 0.221 e. The lowest BCUT2D eigenvalue weighted by Gasteiger charge is -2.06. The van der Waals surface area contributed by atoms with Crippen molar-refractivity contribution in [3.05, 3.63) is 48.0 Å². The number of rotatable bonds is 6. The van der Waals surface area contributed by atoms with E-state index >= 15 is 0 Å². The fraction of sp³-hybridized carbons (Fsp3) is 0.308. The summed E-state index contributed by atoms with van der Waals surface area (Å²) in [5.74, 6) is -0.0193. The molecule has 19 heavy (non-hydrogen) atoms. The SMILES string of the molecule is NCCC(=O)NCc1ccc(Cn2cncn2)cc1.